The van der Waals surface area contributed by atoms with Gasteiger partial charge >= 0.3 is 0 Å². The summed E-state index contributed by atoms with van der Waals surface area (Å²) in [6.45, 7) is 2.13. The third-order valence-electron chi connectivity index (χ3n) is 4.50. The molecule has 26 heavy (non-hydrogen) atoms. The number of carbonyl (C=O) groups excluding carboxylic acids is 2. The fourth-order valence-corrected chi connectivity index (χ4v) is 3.15. The number of rotatable bonds is 7. The molecule has 1 fully saturated rings. The summed E-state index contributed by atoms with van der Waals surface area (Å²) in [5.41, 5.74) is 7.67. The Hall–Kier alpha value is -2.87. The molecule has 138 valence electrons. The van der Waals surface area contributed by atoms with Gasteiger partial charge in [0.05, 0.1) is 12.2 Å². The minimum absolute atomic E-state index is 0.0868. The van der Waals surface area contributed by atoms with Gasteiger partial charge in [0.15, 0.2) is 5.82 Å². The SMILES string of the molecule is COCCN1C[C@@H](CNC(=O)c2[nH]nc(N)c2-c2ccccc2)CC1=O. The Morgan fingerprint density at radius 1 is 1.42 bits per heavy atom. The number of ether oxygens (including phenoxy) is 1. The number of aromatic amines is 1. The second kappa shape index (κ2) is 8.01. The molecule has 2 aromatic rings. The Balaban J connectivity index is 1.63. The Bertz CT molecular complexity index is 774. The first-order chi connectivity index (χ1) is 12.6. The summed E-state index contributed by atoms with van der Waals surface area (Å²) in [5, 5.41) is 9.57. The Kier molecular flexibility index (Phi) is 5.52. The molecule has 0 radical (unpaired) electrons. The molecule has 0 unspecified atom stereocenters. The van der Waals surface area contributed by atoms with E-state index < -0.39 is 0 Å². The summed E-state index contributed by atoms with van der Waals surface area (Å²) in [4.78, 5) is 26.3. The number of nitrogens with two attached hydrogens (primary N) is 1. The van der Waals surface area contributed by atoms with Gasteiger partial charge in [-0.2, -0.15) is 5.10 Å². The van der Waals surface area contributed by atoms with E-state index >= 15 is 0 Å². The summed E-state index contributed by atoms with van der Waals surface area (Å²) in [6, 6.07) is 9.40. The molecule has 1 aromatic heterocycles. The van der Waals surface area contributed by atoms with Crippen molar-refractivity contribution in [2.45, 2.75) is 6.42 Å². The average Bonchev–Trinajstić information content (AvgIpc) is 3.21. The van der Waals surface area contributed by atoms with Gasteiger partial charge in [-0.25, -0.2) is 0 Å². The number of hydrogen-bond donors (Lipinski definition) is 3. The standard InChI is InChI=1S/C18H23N5O3/c1-26-8-7-23-11-12(9-14(23)24)10-20-18(25)16-15(17(19)22-21-16)13-5-3-2-4-6-13/h2-6,12H,7-11H2,1H3,(H,20,25)(H3,19,21,22)/t12-/m1/s1. The molecule has 0 bridgehead atoms. The van der Waals surface area contributed by atoms with Crippen molar-refractivity contribution in [1.82, 2.24) is 20.4 Å². The van der Waals surface area contributed by atoms with Crippen molar-refractivity contribution in [2.24, 2.45) is 5.92 Å². The number of carbonyl (C=O) groups is 2. The number of H-pyrrole nitrogens is 1. The van der Waals surface area contributed by atoms with Gasteiger partial charge in [0.1, 0.15) is 5.69 Å². The smallest absolute Gasteiger partial charge is 0.270 e. The number of anilines is 1. The number of aromatic nitrogens is 2. The second-order valence-corrected chi connectivity index (χ2v) is 6.34. The van der Waals surface area contributed by atoms with Crippen molar-refractivity contribution in [3.8, 4) is 11.1 Å². The molecule has 2 heterocycles. The maximum absolute atomic E-state index is 12.6. The van der Waals surface area contributed by atoms with Crippen molar-refractivity contribution < 1.29 is 14.3 Å². The van der Waals surface area contributed by atoms with Gasteiger partial charge in [-0.3, -0.25) is 14.7 Å². The van der Waals surface area contributed by atoms with Gasteiger partial charge in [-0.1, -0.05) is 30.3 Å². The van der Waals surface area contributed by atoms with Gasteiger partial charge in [-0.15, -0.1) is 0 Å². The minimum atomic E-state index is -0.282. The molecule has 1 saturated heterocycles. The fourth-order valence-electron chi connectivity index (χ4n) is 3.15. The maximum atomic E-state index is 12.6. The van der Waals surface area contributed by atoms with Crippen LogP contribution in [0.4, 0.5) is 5.82 Å². The molecule has 8 nitrogen and oxygen atoms in total. The van der Waals surface area contributed by atoms with Crippen LogP contribution in [0.5, 0.6) is 0 Å². The number of nitrogens with zero attached hydrogens (tertiary/aromatic N) is 2. The van der Waals surface area contributed by atoms with Crippen LogP contribution >= 0.6 is 0 Å². The van der Waals surface area contributed by atoms with Crippen LogP contribution in [0, 0.1) is 5.92 Å². The minimum Gasteiger partial charge on any atom is -0.383 e. The number of nitrogens with one attached hydrogen (secondary N) is 2. The average molecular weight is 357 g/mol. The molecular formula is C18H23N5O3. The molecule has 8 heteroatoms. The molecule has 3 rings (SSSR count). The van der Waals surface area contributed by atoms with Crippen molar-refractivity contribution >= 4 is 17.6 Å². The van der Waals surface area contributed by atoms with E-state index in [0.29, 0.717) is 43.9 Å². The lowest BCUT2D eigenvalue weighted by molar-refractivity contribution is -0.128. The van der Waals surface area contributed by atoms with Crippen LogP contribution in [-0.4, -0.2) is 60.3 Å². The first-order valence-electron chi connectivity index (χ1n) is 8.54. The highest BCUT2D eigenvalue weighted by atomic mass is 16.5. The fraction of sp³-hybridized carbons (Fsp3) is 0.389. The zero-order chi connectivity index (χ0) is 18.5. The topological polar surface area (TPSA) is 113 Å². The van der Waals surface area contributed by atoms with E-state index in [-0.39, 0.29) is 23.6 Å². The summed E-state index contributed by atoms with van der Waals surface area (Å²) in [5.74, 6) is 0.180. The van der Waals surface area contributed by atoms with Crippen LogP contribution in [0.2, 0.25) is 0 Å². The summed E-state index contributed by atoms with van der Waals surface area (Å²) >= 11 is 0. The number of benzene rings is 1. The third kappa shape index (κ3) is 3.85. The van der Waals surface area contributed by atoms with E-state index in [4.69, 9.17) is 10.5 Å². The van der Waals surface area contributed by atoms with Crippen molar-refractivity contribution in [2.75, 3.05) is 39.1 Å². The quantitative estimate of drug-likeness (QED) is 0.681. The Morgan fingerprint density at radius 3 is 2.92 bits per heavy atom. The second-order valence-electron chi connectivity index (χ2n) is 6.34. The molecule has 0 spiro atoms. The molecule has 2 amide bonds. The van der Waals surface area contributed by atoms with Crippen LogP contribution in [0.15, 0.2) is 30.3 Å². The first-order valence-corrected chi connectivity index (χ1v) is 8.54. The number of hydrogen-bond acceptors (Lipinski definition) is 5. The van der Waals surface area contributed by atoms with E-state index in [9.17, 15) is 9.59 Å². The molecule has 4 N–H and O–H groups in total. The van der Waals surface area contributed by atoms with Gasteiger partial charge in [-0.05, 0) is 5.56 Å². The highest BCUT2D eigenvalue weighted by Gasteiger charge is 2.30. The van der Waals surface area contributed by atoms with Gasteiger partial charge in [0, 0.05) is 39.1 Å². The Morgan fingerprint density at radius 2 is 2.19 bits per heavy atom. The monoisotopic (exact) mass is 357 g/mol. The van der Waals surface area contributed by atoms with Crippen LogP contribution < -0.4 is 11.1 Å². The summed E-state index contributed by atoms with van der Waals surface area (Å²) in [7, 11) is 1.61. The van der Waals surface area contributed by atoms with E-state index in [1.54, 1.807) is 12.0 Å². The van der Waals surface area contributed by atoms with Crippen LogP contribution in [-0.2, 0) is 9.53 Å². The zero-order valence-corrected chi connectivity index (χ0v) is 14.7. The molecular weight excluding hydrogens is 334 g/mol. The van der Waals surface area contributed by atoms with Crippen molar-refractivity contribution in [3.05, 3.63) is 36.0 Å². The number of likely N-dealkylation sites (tertiary alicyclic amines) is 1. The first kappa shape index (κ1) is 17.9. The molecule has 0 saturated carbocycles. The highest BCUT2D eigenvalue weighted by Crippen LogP contribution is 2.27. The van der Waals surface area contributed by atoms with E-state index in [1.807, 2.05) is 30.3 Å². The van der Waals surface area contributed by atoms with Crippen molar-refractivity contribution in [3.63, 3.8) is 0 Å². The van der Waals surface area contributed by atoms with Gasteiger partial charge in [0.25, 0.3) is 5.91 Å². The molecule has 1 aliphatic heterocycles. The molecule has 1 aliphatic rings. The lowest BCUT2D eigenvalue weighted by Crippen LogP contribution is -2.32. The number of nitrogen functional groups attached to an aromatic ring is 1. The van der Waals surface area contributed by atoms with Crippen molar-refractivity contribution in [1.29, 1.82) is 0 Å². The van der Waals surface area contributed by atoms with Crippen LogP contribution in [0.25, 0.3) is 11.1 Å². The predicted octanol–water partition coefficient (Wildman–Crippen LogP) is 0.884. The highest BCUT2D eigenvalue weighted by molar-refractivity contribution is 6.01. The lowest BCUT2D eigenvalue weighted by atomic mass is 10.0. The summed E-state index contributed by atoms with van der Waals surface area (Å²) < 4.78 is 5.01. The lowest BCUT2D eigenvalue weighted by Gasteiger charge is -2.16. The Labute approximate surface area is 151 Å². The molecule has 1 atom stereocenters. The summed E-state index contributed by atoms with van der Waals surface area (Å²) in [6.07, 6.45) is 0.431. The molecule has 1 aromatic carbocycles. The van der Waals surface area contributed by atoms with E-state index in [2.05, 4.69) is 15.5 Å². The van der Waals surface area contributed by atoms with E-state index in [0.717, 1.165) is 5.56 Å². The number of amides is 2. The normalized spacial score (nSPS) is 16.9. The third-order valence-corrected chi connectivity index (χ3v) is 4.50. The zero-order valence-electron chi connectivity index (χ0n) is 14.7. The maximum Gasteiger partial charge on any atom is 0.270 e. The van der Waals surface area contributed by atoms with Gasteiger partial charge < -0.3 is 20.7 Å². The number of methoxy groups -OCH3 is 1. The largest absolute Gasteiger partial charge is 0.383 e. The van der Waals surface area contributed by atoms with Gasteiger partial charge in [0.2, 0.25) is 5.91 Å². The van der Waals surface area contributed by atoms with Crippen LogP contribution in [0.3, 0.4) is 0 Å². The predicted molar refractivity (Wildman–Crippen MR) is 97.3 cm³/mol. The van der Waals surface area contributed by atoms with Crippen LogP contribution in [0.1, 0.15) is 16.9 Å². The van der Waals surface area contributed by atoms with E-state index in [1.165, 1.54) is 0 Å². The molecule has 0 aliphatic carbocycles.